The third-order valence-corrected chi connectivity index (χ3v) is 7.42. The van der Waals surface area contributed by atoms with E-state index < -0.39 is 70.4 Å². The lowest BCUT2D eigenvalue weighted by Gasteiger charge is -2.53. The summed E-state index contributed by atoms with van der Waals surface area (Å²) >= 11 is 0. The Morgan fingerprint density at radius 3 is 2.46 bits per heavy atom. The van der Waals surface area contributed by atoms with Gasteiger partial charge in [-0.15, -0.1) is 0 Å². The molecule has 2 unspecified atom stereocenters. The Labute approximate surface area is 200 Å². The van der Waals surface area contributed by atoms with Gasteiger partial charge in [-0.3, -0.25) is 19.2 Å². The third-order valence-electron chi connectivity index (χ3n) is 7.42. The van der Waals surface area contributed by atoms with Gasteiger partial charge in [0, 0.05) is 17.5 Å². The lowest BCUT2D eigenvalue weighted by molar-refractivity contribution is -0.184. The first-order chi connectivity index (χ1) is 16.4. The normalized spacial score (nSPS) is 32.1. The number of nitrogens with two attached hydrogens (primary N) is 2. The van der Waals surface area contributed by atoms with Crippen LogP contribution in [0, 0.1) is 17.8 Å². The van der Waals surface area contributed by atoms with Crippen molar-refractivity contribution in [1.82, 2.24) is 4.90 Å². The summed E-state index contributed by atoms with van der Waals surface area (Å²) in [5, 5.41) is 46.6. The fourth-order valence-electron chi connectivity index (χ4n) is 5.88. The van der Waals surface area contributed by atoms with Crippen LogP contribution in [-0.2, 0) is 25.6 Å². The molecule has 3 aliphatic carbocycles. The van der Waals surface area contributed by atoms with Gasteiger partial charge in [-0.05, 0) is 44.5 Å². The maximum Gasteiger partial charge on any atom is 0.238 e. The summed E-state index contributed by atoms with van der Waals surface area (Å²) in [5.41, 5.74) is 8.00. The first kappa shape index (κ1) is 24.8. The molecule has 0 saturated heterocycles. The van der Waals surface area contributed by atoms with Crippen LogP contribution in [0.2, 0.25) is 0 Å². The number of hydrogen-bond donors (Lipinski definition) is 7. The van der Waals surface area contributed by atoms with Crippen molar-refractivity contribution in [2.45, 2.75) is 30.6 Å². The third kappa shape index (κ3) is 3.44. The standard InChI is InChI=1S/C23H28N4O8/c1-27(2)16-10-6-9-5-8-3-4-11(26-12(28)7-24)17(29)13(8)18(30)14(9)20(32)23(10,35)21(33)15(19(16)31)22(25)34/h3-4,9-10,15-16,19,29-31,35H,5-7,24H2,1-2H3,(H2,25,34)(H,26,28)/t9-,10-,15?,16-,19?,23-/m1/s1. The summed E-state index contributed by atoms with van der Waals surface area (Å²) in [6, 6.07) is 2.06. The molecule has 6 atom stereocenters. The van der Waals surface area contributed by atoms with Crippen LogP contribution in [0.3, 0.4) is 0 Å². The monoisotopic (exact) mass is 488 g/mol. The van der Waals surface area contributed by atoms with Gasteiger partial charge in [-0.2, -0.15) is 0 Å². The number of ketones is 2. The molecule has 1 aromatic rings. The number of fused-ring (bicyclic) bond motifs is 3. The number of hydrogen-bond acceptors (Lipinski definition) is 10. The summed E-state index contributed by atoms with van der Waals surface area (Å²) in [7, 11) is 3.17. The highest BCUT2D eigenvalue weighted by molar-refractivity contribution is 6.25. The number of nitrogens with one attached hydrogen (secondary N) is 1. The van der Waals surface area contributed by atoms with Crippen molar-refractivity contribution in [2.24, 2.45) is 29.2 Å². The molecule has 0 heterocycles. The fraction of sp³-hybridized carbons (Fsp3) is 0.478. The molecule has 0 spiro atoms. The molecule has 12 heteroatoms. The summed E-state index contributed by atoms with van der Waals surface area (Å²) in [4.78, 5) is 52.2. The van der Waals surface area contributed by atoms with Crippen molar-refractivity contribution < 1.29 is 39.6 Å². The molecule has 188 valence electrons. The number of aliphatic hydroxyl groups is 3. The number of phenolic OH excluding ortho intramolecular Hbond substituents is 1. The van der Waals surface area contributed by atoms with Crippen molar-refractivity contribution in [3.8, 4) is 5.75 Å². The second-order valence-electron chi connectivity index (χ2n) is 9.54. The van der Waals surface area contributed by atoms with Gasteiger partial charge in [0.15, 0.2) is 11.4 Å². The van der Waals surface area contributed by atoms with Crippen LogP contribution in [0.25, 0.3) is 5.76 Å². The number of amides is 2. The van der Waals surface area contributed by atoms with Crippen molar-refractivity contribution in [3.63, 3.8) is 0 Å². The first-order valence-corrected chi connectivity index (χ1v) is 11.1. The number of carbonyl (C=O) groups excluding carboxylic acids is 4. The predicted octanol–water partition coefficient (Wildman–Crippen LogP) is -1.97. The van der Waals surface area contributed by atoms with Gasteiger partial charge in [0.2, 0.25) is 17.6 Å². The van der Waals surface area contributed by atoms with E-state index >= 15 is 0 Å². The van der Waals surface area contributed by atoms with Crippen LogP contribution < -0.4 is 16.8 Å². The zero-order valence-electron chi connectivity index (χ0n) is 19.2. The Kier molecular flexibility index (Phi) is 5.96. The smallest absolute Gasteiger partial charge is 0.238 e. The van der Waals surface area contributed by atoms with Crippen LogP contribution in [0.4, 0.5) is 5.69 Å². The van der Waals surface area contributed by atoms with Crippen LogP contribution in [0.5, 0.6) is 5.75 Å². The molecule has 0 aromatic heterocycles. The second-order valence-corrected chi connectivity index (χ2v) is 9.54. The average Bonchev–Trinajstić information content (AvgIpc) is 2.77. The van der Waals surface area contributed by atoms with Gasteiger partial charge in [-0.1, -0.05) is 6.07 Å². The molecular weight excluding hydrogens is 460 g/mol. The Morgan fingerprint density at radius 1 is 1.23 bits per heavy atom. The second kappa shape index (κ2) is 8.41. The summed E-state index contributed by atoms with van der Waals surface area (Å²) < 4.78 is 0. The number of primary amides is 1. The van der Waals surface area contributed by atoms with E-state index in [1.54, 1.807) is 20.2 Å². The molecule has 2 fully saturated rings. The van der Waals surface area contributed by atoms with Crippen molar-refractivity contribution in [1.29, 1.82) is 0 Å². The number of Topliss-reactive ketones (excluding diaryl/α,β-unsaturated/α-hetero) is 2. The van der Waals surface area contributed by atoms with Crippen LogP contribution in [0.1, 0.15) is 17.5 Å². The number of likely N-dealkylation sites (N-methyl/N-ethyl adjacent to an activating group) is 1. The maximum absolute atomic E-state index is 13.7. The topological polar surface area (TPSA) is 217 Å². The van der Waals surface area contributed by atoms with Gasteiger partial charge in [0.25, 0.3) is 0 Å². The highest BCUT2D eigenvalue weighted by atomic mass is 16.3. The van der Waals surface area contributed by atoms with E-state index in [1.165, 1.54) is 11.0 Å². The fourth-order valence-corrected chi connectivity index (χ4v) is 5.88. The van der Waals surface area contributed by atoms with Gasteiger partial charge < -0.3 is 42.1 Å². The molecule has 35 heavy (non-hydrogen) atoms. The minimum absolute atomic E-state index is 0.0324. The number of aromatic hydroxyl groups is 1. The van der Waals surface area contributed by atoms with Gasteiger partial charge in [0.1, 0.15) is 17.4 Å². The summed E-state index contributed by atoms with van der Waals surface area (Å²) in [6.07, 6.45) is -1.33. The van der Waals surface area contributed by atoms with Crippen molar-refractivity contribution in [2.75, 3.05) is 26.0 Å². The van der Waals surface area contributed by atoms with Crippen LogP contribution >= 0.6 is 0 Å². The van der Waals surface area contributed by atoms with E-state index in [0.29, 0.717) is 5.56 Å². The maximum atomic E-state index is 13.7. The number of benzene rings is 1. The van der Waals surface area contributed by atoms with Crippen LogP contribution in [-0.4, -0.2) is 87.1 Å². The molecule has 0 bridgehead atoms. The van der Waals surface area contributed by atoms with Gasteiger partial charge >= 0.3 is 0 Å². The number of nitrogens with zero attached hydrogens (tertiary/aromatic N) is 1. The Hall–Kier alpha value is -3.32. The molecule has 0 aliphatic heterocycles. The number of anilines is 1. The molecule has 12 nitrogen and oxygen atoms in total. The quantitative estimate of drug-likeness (QED) is 0.183. The summed E-state index contributed by atoms with van der Waals surface area (Å²) in [5.74, 6) is -8.77. The number of carbonyl (C=O) groups is 4. The minimum atomic E-state index is -2.72. The van der Waals surface area contributed by atoms with Gasteiger partial charge in [0.05, 0.1) is 23.9 Å². The molecule has 2 saturated carbocycles. The Balaban J connectivity index is 1.87. The first-order valence-electron chi connectivity index (χ1n) is 11.1. The van der Waals surface area contributed by atoms with E-state index in [0.717, 1.165) is 0 Å². The zero-order valence-corrected chi connectivity index (χ0v) is 19.2. The molecule has 2 amide bonds. The van der Waals surface area contributed by atoms with E-state index in [4.69, 9.17) is 11.5 Å². The summed E-state index contributed by atoms with van der Waals surface area (Å²) in [6.45, 7) is -0.347. The molecule has 3 aliphatic rings. The Bertz CT molecular complexity index is 1180. The molecular formula is C23H28N4O8. The van der Waals surface area contributed by atoms with Crippen LogP contribution in [0.15, 0.2) is 17.7 Å². The van der Waals surface area contributed by atoms with Crippen molar-refractivity contribution >= 4 is 34.8 Å². The largest absolute Gasteiger partial charge is 0.507 e. The van der Waals surface area contributed by atoms with E-state index in [-0.39, 0.29) is 36.2 Å². The molecule has 4 rings (SSSR count). The lowest BCUT2D eigenvalue weighted by Crippen LogP contribution is -2.73. The van der Waals surface area contributed by atoms with E-state index in [2.05, 4.69) is 5.32 Å². The highest BCUT2D eigenvalue weighted by Gasteiger charge is 2.67. The molecule has 1 aromatic carbocycles. The average molecular weight is 488 g/mol. The minimum Gasteiger partial charge on any atom is -0.507 e. The van der Waals surface area contributed by atoms with E-state index in [9.17, 15) is 39.6 Å². The van der Waals surface area contributed by atoms with E-state index in [1.807, 2.05) is 0 Å². The van der Waals surface area contributed by atoms with Crippen molar-refractivity contribution in [3.05, 3.63) is 28.8 Å². The number of phenols is 1. The predicted molar refractivity (Wildman–Crippen MR) is 122 cm³/mol. The van der Waals surface area contributed by atoms with Gasteiger partial charge in [-0.25, -0.2) is 0 Å². The number of aliphatic hydroxyl groups excluding tert-OH is 2. The molecule has 0 radical (unpaired) electrons. The lowest BCUT2D eigenvalue weighted by atomic mass is 9.54. The number of rotatable bonds is 4. The SMILES string of the molecule is CN(C)[C@H]1C(O)C(C(N)=O)C(=O)[C@]2(O)C(=O)C3=C(O)c4c(ccc(NC(=O)CN)c4O)C[C@@H]3C[C@H]12. The highest BCUT2D eigenvalue weighted by Crippen LogP contribution is 2.52. The Morgan fingerprint density at radius 2 is 1.89 bits per heavy atom. The molecule has 9 N–H and O–H groups in total. The zero-order chi connectivity index (χ0) is 26.0.